The summed E-state index contributed by atoms with van der Waals surface area (Å²) in [6.07, 6.45) is 9.28. The number of nitrogens with zero attached hydrogens (tertiary/aromatic N) is 4. The Bertz CT molecular complexity index is 1240. The van der Waals surface area contributed by atoms with Crippen LogP contribution >= 0.6 is 23.2 Å². The summed E-state index contributed by atoms with van der Waals surface area (Å²) in [6.45, 7) is 0.523. The lowest BCUT2D eigenvalue weighted by Crippen LogP contribution is -2.33. The van der Waals surface area contributed by atoms with E-state index in [9.17, 15) is 9.90 Å². The van der Waals surface area contributed by atoms with E-state index in [-0.39, 0.29) is 18.6 Å². The van der Waals surface area contributed by atoms with Gasteiger partial charge in [0.2, 0.25) is 0 Å². The molecule has 2 aromatic rings. The normalized spacial score (nSPS) is 22.4. The number of carboxylic acid groups (broad SMARTS) is 1. The number of hydrogen-bond acceptors (Lipinski definition) is 5. The number of carbonyl (C=O) groups is 1. The predicted molar refractivity (Wildman–Crippen MR) is 121 cm³/mol. The van der Waals surface area contributed by atoms with Crippen LogP contribution in [0.15, 0.2) is 39.8 Å². The quantitative estimate of drug-likeness (QED) is 0.697. The van der Waals surface area contributed by atoms with Gasteiger partial charge in [0.1, 0.15) is 5.75 Å². The van der Waals surface area contributed by atoms with Crippen LogP contribution in [0.4, 0.5) is 10.5 Å². The first-order valence-corrected chi connectivity index (χ1v) is 11.2. The van der Waals surface area contributed by atoms with Crippen LogP contribution in [0.25, 0.3) is 11.8 Å². The smallest absolute Gasteiger partial charge is 0.412 e. The molecule has 5 rings (SSSR count). The second-order valence-corrected chi connectivity index (χ2v) is 8.96. The zero-order valence-corrected chi connectivity index (χ0v) is 18.6. The number of azo groups is 1. The Balaban J connectivity index is 1.43. The Morgan fingerprint density at radius 2 is 2.03 bits per heavy atom. The number of fused-ring (bicyclic) bond motifs is 3. The Labute approximate surface area is 193 Å². The zero-order valence-electron chi connectivity index (χ0n) is 17.1. The average molecular weight is 474 g/mol. The predicted octanol–water partition coefficient (Wildman–Crippen LogP) is 4.18. The number of rotatable bonds is 3. The highest BCUT2D eigenvalue weighted by Crippen LogP contribution is 2.35. The van der Waals surface area contributed by atoms with Crippen molar-refractivity contribution in [2.75, 3.05) is 11.4 Å². The Morgan fingerprint density at radius 1 is 1.22 bits per heavy atom. The van der Waals surface area contributed by atoms with Gasteiger partial charge in [-0.05, 0) is 37.8 Å². The summed E-state index contributed by atoms with van der Waals surface area (Å²) in [4.78, 5) is 20.6. The van der Waals surface area contributed by atoms with Crippen molar-refractivity contribution < 1.29 is 14.6 Å². The van der Waals surface area contributed by atoms with Crippen molar-refractivity contribution in [1.82, 2.24) is 9.97 Å². The molecule has 0 unspecified atom stereocenters. The van der Waals surface area contributed by atoms with E-state index in [1.165, 1.54) is 4.90 Å². The Kier molecular flexibility index (Phi) is 5.65. The van der Waals surface area contributed by atoms with Gasteiger partial charge < -0.3 is 14.8 Å². The van der Waals surface area contributed by atoms with Crippen molar-refractivity contribution in [2.24, 2.45) is 16.1 Å². The van der Waals surface area contributed by atoms with Gasteiger partial charge in [-0.1, -0.05) is 23.2 Å². The van der Waals surface area contributed by atoms with Crippen LogP contribution in [0.2, 0.25) is 5.02 Å². The van der Waals surface area contributed by atoms with Crippen LogP contribution in [0.1, 0.15) is 31.2 Å². The molecule has 0 atom stereocenters. The highest BCUT2D eigenvalue weighted by Gasteiger charge is 2.30. The third-order valence-corrected chi connectivity index (χ3v) is 6.53. The fourth-order valence-electron chi connectivity index (χ4n) is 4.60. The molecule has 3 aliphatic rings. The van der Waals surface area contributed by atoms with Gasteiger partial charge in [0, 0.05) is 35.3 Å². The molecule has 4 heterocycles. The minimum Gasteiger partial charge on any atom is -0.489 e. The van der Waals surface area contributed by atoms with Crippen molar-refractivity contribution in [1.29, 1.82) is 0 Å². The minimum absolute atomic E-state index is 0.0901. The van der Waals surface area contributed by atoms with Gasteiger partial charge in [-0.2, -0.15) is 10.2 Å². The maximum atomic E-state index is 11.9. The van der Waals surface area contributed by atoms with Crippen molar-refractivity contribution in [3.63, 3.8) is 0 Å². The number of H-pyrrole nitrogens is 1. The molecule has 166 valence electrons. The van der Waals surface area contributed by atoms with Crippen LogP contribution in [-0.2, 0) is 6.54 Å². The first-order chi connectivity index (χ1) is 15.5. The summed E-state index contributed by atoms with van der Waals surface area (Å²) in [6, 6.07) is 1.77. The first-order valence-electron chi connectivity index (χ1n) is 10.5. The third kappa shape index (κ3) is 4.00. The van der Waals surface area contributed by atoms with Crippen LogP contribution in [0.5, 0.6) is 5.75 Å². The van der Waals surface area contributed by atoms with E-state index < -0.39 is 6.09 Å². The molecule has 0 aromatic carbocycles. The maximum absolute atomic E-state index is 11.9. The molecule has 32 heavy (non-hydrogen) atoms. The Hall–Kier alpha value is -2.84. The molecule has 1 amide bonds. The molecule has 0 radical (unpaired) electrons. The van der Waals surface area contributed by atoms with Crippen molar-refractivity contribution in [3.05, 3.63) is 50.9 Å². The van der Waals surface area contributed by atoms with Crippen molar-refractivity contribution in [2.45, 2.75) is 38.3 Å². The number of halogens is 2. The van der Waals surface area contributed by atoms with E-state index in [0.717, 1.165) is 42.3 Å². The van der Waals surface area contributed by atoms with Crippen molar-refractivity contribution in [3.8, 4) is 5.75 Å². The molecule has 8 nitrogen and oxygen atoms in total. The van der Waals surface area contributed by atoms with E-state index in [0.29, 0.717) is 33.4 Å². The molecule has 0 spiro atoms. The van der Waals surface area contributed by atoms with Crippen LogP contribution in [0.3, 0.4) is 0 Å². The topological polar surface area (TPSA) is 103 Å². The summed E-state index contributed by atoms with van der Waals surface area (Å²) in [5, 5.41) is 21.1. The summed E-state index contributed by atoms with van der Waals surface area (Å²) in [5.41, 5.74) is 2.34. The number of hydrogen-bond donors (Lipinski definition) is 2. The molecular formula is C22H21Cl2N5O3. The molecule has 10 heteroatoms. The highest BCUT2D eigenvalue weighted by molar-refractivity contribution is 6.34. The Morgan fingerprint density at radius 3 is 2.78 bits per heavy atom. The van der Waals surface area contributed by atoms with E-state index in [2.05, 4.69) is 20.2 Å². The molecule has 1 saturated carbocycles. The van der Waals surface area contributed by atoms with Gasteiger partial charge in [-0.15, -0.1) is 0 Å². The van der Waals surface area contributed by atoms with Crippen LogP contribution < -0.4 is 20.3 Å². The molecule has 2 N–H and O–H groups in total. The SMILES string of the molecule is O=C(O)N1CC=C(Cl)C=c2[nH]c3c(c21)CN=NC=3[C@H]1CC[C@H](Oc2cncc(Cl)c2)CC1. The fourth-order valence-corrected chi connectivity index (χ4v) is 4.94. The summed E-state index contributed by atoms with van der Waals surface area (Å²) in [7, 11) is 0. The number of aromatic nitrogens is 2. The van der Waals surface area contributed by atoms with E-state index in [4.69, 9.17) is 27.9 Å². The maximum Gasteiger partial charge on any atom is 0.412 e. The number of anilines is 1. The number of allylic oxidation sites excluding steroid dienone is 1. The van der Waals surface area contributed by atoms with Gasteiger partial charge in [0.25, 0.3) is 0 Å². The van der Waals surface area contributed by atoms with Crippen LogP contribution in [-0.4, -0.2) is 33.8 Å². The standard InChI is InChI=1S/C22H21Cl2N5O3/c23-13-5-6-29(22(30)31)21-17-11-26-28-19(20(17)27-18(21)8-13)12-1-3-15(4-2-12)32-16-7-14(24)9-25-10-16/h5,7-10,12,15,27H,1-4,6,11H2,(H,30,31)/t12-,15-. The molecule has 1 aliphatic carbocycles. The summed E-state index contributed by atoms with van der Waals surface area (Å²) < 4.78 is 6.06. The molecule has 2 aromatic heterocycles. The lowest BCUT2D eigenvalue weighted by atomic mass is 9.84. The first kappa shape index (κ1) is 21.0. The largest absolute Gasteiger partial charge is 0.489 e. The monoisotopic (exact) mass is 473 g/mol. The molecule has 0 saturated heterocycles. The number of ether oxygens (including phenoxy) is 1. The molecule has 1 fully saturated rings. The van der Waals surface area contributed by atoms with Gasteiger partial charge >= 0.3 is 6.09 Å². The average Bonchev–Trinajstić information content (AvgIpc) is 3.03. The number of amides is 1. The zero-order chi connectivity index (χ0) is 22.2. The number of aromatic amines is 1. The molecule has 2 aliphatic heterocycles. The number of pyridine rings is 1. The summed E-state index contributed by atoms with van der Waals surface area (Å²) in [5.74, 6) is 0.886. The van der Waals surface area contributed by atoms with Crippen molar-refractivity contribution >= 4 is 46.8 Å². The third-order valence-electron chi connectivity index (χ3n) is 6.06. The second-order valence-electron chi connectivity index (χ2n) is 8.08. The van der Waals surface area contributed by atoms with Gasteiger partial charge in [0.15, 0.2) is 0 Å². The molecule has 0 bridgehead atoms. The lowest BCUT2D eigenvalue weighted by Gasteiger charge is -2.29. The van der Waals surface area contributed by atoms with Gasteiger partial charge in [0.05, 0.1) is 46.0 Å². The van der Waals surface area contributed by atoms with E-state index in [1.807, 2.05) is 0 Å². The molecular weight excluding hydrogens is 453 g/mol. The summed E-state index contributed by atoms with van der Waals surface area (Å²) >= 11 is 12.2. The van der Waals surface area contributed by atoms with Crippen LogP contribution in [0, 0.1) is 5.92 Å². The minimum atomic E-state index is -1.03. The van der Waals surface area contributed by atoms with Gasteiger partial charge in [-0.3, -0.25) is 9.88 Å². The fraction of sp³-hybridized carbons (Fsp3) is 0.364. The van der Waals surface area contributed by atoms with E-state index in [1.54, 1.807) is 30.6 Å². The number of nitrogens with one attached hydrogen (secondary N) is 1. The van der Waals surface area contributed by atoms with E-state index >= 15 is 0 Å². The van der Waals surface area contributed by atoms with Gasteiger partial charge in [-0.25, -0.2) is 4.79 Å². The second kappa shape index (κ2) is 8.60. The lowest BCUT2D eigenvalue weighted by molar-refractivity contribution is 0.142. The highest BCUT2D eigenvalue weighted by atomic mass is 35.5.